The zero-order valence-electron chi connectivity index (χ0n) is 11.3. The molecule has 0 aliphatic carbocycles. The lowest BCUT2D eigenvalue weighted by Gasteiger charge is -2.09. The fourth-order valence-electron chi connectivity index (χ4n) is 1.45. The lowest BCUT2D eigenvalue weighted by Crippen LogP contribution is -2.08. The van der Waals surface area contributed by atoms with Gasteiger partial charge in [0.25, 0.3) is 0 Å². The van der Waals surface area contributed by atoms with Gasteiger partial charge in [0.05, 0.1) is 17.8 Å². The summed E-state index contributed by atoms with van der Waals surface area (Å²) in [6, 6.07) is 3.45. The summed E-state index contributed by atoms with van der Waals surface area (Å²) in [5.74, 6) is -0.581. The van der Waals surface area contributed by atoms with Gasteiger partial charge >= 0.3 is 14.0 Å². The van der Waals surface area contributed by atoms with Gasteiger partial charge in [0, 0.05) is 5.69 Å². The first-order valence-corrected chi connectivity index (χ1v) is 7.68. The number of hydrogen-bond acceptors (Lipinski definition) is 6. The first-order valence-electron chi connectivity index (χ1n) is 5.94. The van der Waals surface area contributed by atoms with Gasteiger partial charge in [0.15, 0.2) is 6.61 Å². The summed E-state index contributed by atoms with van der Waals surface area (Å²) in [4.78, 5) is 10.8. The molecular formula is C12H17ClN2O4P+. The number of nitrogen functional groups attached to an aromatic ring is 1. The van der Waals surface area contributed by atoms with E-state index in [2.05, 4.69) is 10.1 Å². The average molecular weight is 320 g/mol. The lowest BCUT2D eigenvalue weighted by molar-refractivity contribution is -0.142. The Balaban J connectivity index is 2.55. The number of nitrogens with two attached hydrogens (primary N) is 1. The smallest absolute Gasteiger partial charge is 0.467 e. The van der Waals surface area contributed by atoms with E-state index in [0.717, 1.165) is 12.0 Å². The van der Waals surface area contributed by atoms with Gasteiger partial charge in [-0.2, -0.15) is 0 Å². The van der Waals surface area contributed by atoms with Crippen molar-refractivity contribution in [3.8, 4) is 0 Å². The number of esters is 1. The van der Waals surface area contributed by atoms with E-state index >= 15 is 0 Å². The minimum Gasteiger partial charge on any atom is -0.467 e. The highest BCUT2D eigenvalue weighted by Gasteiger charge is 2.20. The summed E-state index contributed by atoms with van der Waals surface area (Å²) in [6.45, 7) is 1.63. The Morgan fingerprint density at radius 3 is 2.80 bits per heavy atom. The van der Waals surface area contributed by atoms with Crippen LogP contribution in [0.3, 0.4) is 0 Å². The lowest BCUT2D eigenvalue weighted by atomic mass is 10.1. The second kappa shape index (κ2) is 8.04. The van der Waals surface area contributed by atoms with Crippen LogP contribution in [0.2, 0.25) is 5.02 Å². The summed E-state index contributed by atoms with van der Waals surface area (Å²) >= 11 is 6.09. The van der Waals surface area contributed by atoms with Crippen LogP contribution in [-0.4, -0.2) is 26.0 Å². The number of halogens is 1. The Kier molecular flexibility index (Phi) is 6.71. The van der Waals surface area contributed by atoms with Gasteiger partial charge in [-0.25, -0.2) is 4.79 Å². The minimum absolute atomic E-state index is 0.0248. The van der Waals surface area contributed by atoms with Crippen LogP contribution < -0.4 is 11.1 Å². The van der Waals surface area contributed by atoms with Gasteiger partial charge in [-0.15, -0.1) is 4.52 Å². The predicted octanol–water partition coefficient (Wildman–Crippen LogP) is 2.79. The Hall–Kier alpha value is -1.36. The molecule has 0 amide bonds. The van der Waals surface area contributed by atoms with E-state index in [1.807, 2.05) is 6.92 Å². The summed E-state index contributed by atoms with van der Waals surface area (Å²) in [7, 11) is -0.806. The number of methoxy groups -OCH3 is 1. The Bertz CT molecular complexity index is 510. The van der Waals surface area contributed by atoms with Gasteiger partial charge in [-0.1, -0.05) is 18.5 Å². The highest BCUT2D eigenvalue weighted by Crippen LogP contribution is 2.30. The normalized spacial score (nSPS) is 11.1. The van der Waals surface area contributed by atoms with Crippen molar-refractivity contribution in [2.45, 2.75) is 13.3 Å². The molecule has 1 rings (SSSR count). The molecule has 0 radical (unpaired) electrons. The highest BCUT2D eigenvalue weighted by atomic mass is 35.5. The number of nitrogens with one attached hydrogen (secondary N) is 1. The van der Waals surface area contributed by atoms with E-state index in [1.165, 1.54) is 7.11 Å². The van der Waals surface area contributed by atoms with Crippen LogP contribution in [0.1, 0.15) is 12.5 Å². The molecule has 6 nitrogen and oxygen atoms in total. The van der Waals surface area contributed by atoms with E-state index in [9.17, 15) is 9.36 Å². The van der Waals surface area contributed by atoms with Crippen molar-refractivity contribution in [3.05, 3.63) is 22.7 Å². The summed E-state index contributed by atoms with van der Waals surface area (Å²) in [5, 5.41) is 3.37. The van der Waals surface area contributed by atoms with Gasteiger partial charge in [0.1, 0.15) is 0 Å². The first kappa shape index (κ1) is 16.7. The number of anilines is 2. The molecule has 0 fully saturated rings. The fourth-order valence-corrected chi connectivity index (χ4v) is 2.35. The zero-order chi connectivity index (χ0) is 15.1. The van der Waals surface area contributed by atoms with E-state index in [4.69, 9.17) is 21.9 Å². The minimum atomic E-state index is -2.04. The van der Waals surface area contributed by atoms with Crippen molar-refractivity contribution in [1.82, 2.24) is 0 Å². The summed E-state index contributed by atoms with van der Waals surface area (Å²) < 4.78 is 20.7. The number of carbonyl (C=O) groups is 1. The molecule has 20 heavy (non-hydrogen) atoms. The number of hydrogen-bond donors (Lipinski definition) is 2. The van der Waals surface area contributed by atoms with E-state index < -0.39 is 14.0 Å². The van der Waals surface area contributed by atoms with E-state index in [-0.39, 0.29) is 12.9 Å². The molecule has 3 N–H and O–H groups in total. The SMILES string of the molecule is CCc1cc(Cl)c(NC[P+](=O)OCC(=O)OC)cc1N. The van der Waals surface area contributed by atoms with Crippen molar-refractivity contribution >= 4 is 37.0 Å². The molecule has 1 aromatic carbocycles. The van der Waals surface area contributed by atoms with Crippen LogP contribution in [0.15, 0.2) is 12.1 Å². The molecule has 1 aromatic rings. The maximum atomic E-state index is 11.5. The van der Waals surface area contributed by atoms with Gasteiger partial charge in [-0.05, 0) is 28.7 Å². The van der Waals surface area contributed by atoms with Crippen LogP contribution in [0.25, 0.3) is 0 Å². The van der Waals surface area contributed by atoms with Crippen LogP contribution in [0, 0.1) is 0 Å². The molecule has 0 spiro atoms. The Morgan fingerprint density at radius 1 is 1.50 bits per heavy atom. The molecule has 0 aliphatic heterocycles. The maximum Gasteiger partial charge on any atom is 0.530 e. The van der Waals surface area contributed by atoms with Crippen molar-refractivity contribution in [2.75, 3.05) is 31.1 Å². The van der Waals surface area contributed by atoms with E-state index in [0.29, 0.717) is 16.4 Å². The topological polar surface area (TPSA) is 90.6 Å². The van der Waals surface area contributed by atoms with Gasteiger partial charge in [0.2, 0.25) is 6.29 Å². The second-order valence-corrected chi connectivity index (χ2v) is 5.55. The molecule has 0 aromatic heterocycles. The van der Waals surface area contributed by atoms with Crippen LogP contribution >= 0.6 is 19.6 Å². The number of benzene rings is 1. The molecule has 110 valence electrons. The zero-order valence-corrected chi connectivity index (χ0v) is 13.0. The summed E-state index contributed by atoms with van der Waals surface area (Å²) in [5.41, 5.74) is 8.00. The third kappa shape index (κ3) is 4.96. The molecular weight excluding hydrogens is 303 g/mol. The Labute approximate surface area is 123 Å². The quantitative estimate of drug-likeness (QED) is 0.456. The van der Waals surface area contributed by atoms with Crippen molar-refractivity contribution in [3.63, 3.8) is 0 Å². The van der Waals surface area contributed by atoms with Crippen LogP contribution in [0.4, 0.5) is 11.4 Å². The monoisotopic (exact) mass is 319 g/mol. The molecule has 0 aliphatic rings. The molecule has 0 heterocycles. The van der Waals surface area contributed by atoms with Gasteiger partial charge in [-0.3, -0.25) is 0 Å². The number of aryl methyl sites for hydroxylation is 1. The molecule has 0 saturated carbocycles. The fraction of sp³-hybridized carbons (Fsp3) is 0.417. The van der Waals surface area contributed by atoms with Crippen LogP contribution in [0.5, 0.6) is 0 Å². The van der Waals surface area contributed by atoms with E-state index in [1.54, 1.807) is 12.1 Å². The molecule has 1 unspecified atom stereocenters. The summed E-state index contributed by atoms with van der Waals surface area (Å²) in [6.07, 6.45) is 0.805. The molecule has 8 heteroatoms. The molecule has 1 atom stereocenters. The maximum absolute atomic E-state index is 11.5. The number of ether oxygens (including phenoxy) is 1. The molecule has 0 saturated heterocycles. The standard InChI is InChI=1S/C12H17ClN2O4P/c1-3-8-4-9(13)11(5-10(8)14)15-7-20(17)19-6-12(16)18-2/h4-5,15H,3,6-7,14H2,1-2H3/q+1. The predicted molar refractivity (Wildman–Crippen MR) is 79.3 cm³/mol. The van der Waals surface area contributed by atoms with Crippen molar-refractivity contribution in [2.24, 2.45) is 0 Å². The first-order chi connectivity index (χ1) is 9.47. The Morgan fingerprint density at radius 2 is 2.20 bits per heavy atom. The number of carbonyl (C=O) groups excluding carboxylic acids is 1. The third-order valence-corrected chi connectivity index (χ3v) is 3.71. The highest BCUT2D eigenvalue weighted by molar-refractivity contribution is 7.39. The van der Waals surface area contributed by atoms with Crippen molar-refractivity contribution in [1.29, 1.82) is 0 Å². The second-order valence-electron chi connectivity index (χ2n) is 3.90. The average Bonchev–Trinajstić information content (AvgIpc) is 2.44. The largest absolute Gasteiger partial charge is 0.530 e. The molecule has 0 bridgehead atoms. The van der Waals surface area contributed by atoms with Crippen molar-refractivity contribution < 1.29 is 18.6 Å². The van der Waals surface area contributed by atoms with Crippen LogP contribution in [-0.2, 0) is 25.0 Å². The third-order valence-electron chi connectivity index (χ3n) is 2.56. The van der Waals surface area contributed by atoms with Gasteiger partial charge < -0.3 is 15.8 Å². The number of rotatable bonds is 7.